The lowest BCUT2D eigenvalue weighted by Crippen LogP contribution is -2.50. The van der Waals surface area contributed by atoms with Gasteiger partial charge in [0, 0.05) is 18.0 Å². The molecule has 0 bridgehead atoms. The van der Waals surface area contributed by atoms with Crippen molar-refractivity contribution in [1.29, 1.82) is 0 Å². The summed E-state index contributed by atoms with van der Waals surface area (Å²) >= 11 is 0. The number of rotatable bonds is 6. The quantitative estimate of drug-likeness (QED) is 0.350. The Morgan fingerprint density at radius 1 is 0.900 bits per heavy atom. The van der Waals surface area contributed by atoms with E-state index in [1.54, 1.807) is 6.92 Å². The van der Waals surface area contributed by atoms with Crippen LogP contribution in [0.25, 0.3) is 0 Å². The molecule has 0 fully saturated rings. The molecule has 3 rings (SSSR count). The summed E-state index contributed by atoms with van der Waals surface area (Å²) in [5, 5.41) is 11.9. The van der Waals surface area contributed by atoms with E-state index in [9.17, 15) is 41.0 Å². The number of nitrogens with zero attached hydrogens (tertiary/aromatic N) is 1. The summed E-state index contributed by atoms with van der Waals surface area (Å²) in [4.78, 5) is 27.2. The molecule has 1 heterocycles. The Bertz CT molecular complexity index is 1250. The third-order valence-corrected chi connectivity index (χ3v) is 6.68. The van der Waals surface area contributed by atoms with Crippen LogP contribution in [-0.2, 0) is 32.2 Å². The van der Waals surface area contributed by atoms with E-state index in [2.05, 4.69) is 0 Å². The van der Waals surface area contributed by atoms with E-state index in [0.29, 0.717) is 0 Å². The zero-order chi connectivity index (χ0) is 30.2. The number of aliphatic hydroxyl groups is 1. The molecule has 0 saturated heterocycles. The van der Waals surface area contributed by atoms with Crippen LogP contribution in [0.3, 0.4) is 0 Å². The molecule has 40 heavy (non-hydrogen) atoms. The van der Waals surface area contributed by atoms with Crippen LogP contribution in [0.15, 0.2) is 30.3 Å². The van der Waals surface area contributed by atoms with Gasteiger partial charge in [-0.05, 0) is 55.7 Å². The first-order valence-corrected chi connectivity index (χ1v) is 11.9. The van der Waals surface area contributed by atoms with Crippen molar-refractivity contribution < 1.29 is 60.0 Å². The fraction of sp³-hybridized carbons (Fsp3) is 0.462. The Morgan fingerprint density at radius 2 is 1.40 bits per heavy atom. The van der Waals surface area contributed by atoms with E-state index < -0.39 is 58.7 Å². The van der Waals surface area contributed by atoms with Gasteiger partial charge in [0.25, 0.3) is 0 Å². The molecule has 0 aromatic heterocycles. The van der Waals surface area contributed by atoms with Crippen LogP contribution in [-0.4, -0.2) is 51.1 Å². The van der Waals surface area contributed by atoms with Crippen molar-refractivity contribution >= 4 is 17.7 Å². The first-order chi connectivity index (χ1) is 18.5. The van der Waals surface area contributed by atoms with Crippen LogP contribution in [0.4, 0.5) is 36.8 Å². The second-order valence-corrected chi connectivity index (χ2v) is 9.02. The highest BCUT2D eigenvalue weighted by Gasteiger charge is 2.53. The van der Waals surface area contributed by atoms with E-state index in [1.807, 2.05) is 0 Å². The summed E-state index contributed by atoms with van der Waals surface area (Å²) in [6.45, 7) is 3.06. The number of amides is 1. The SMILES string of the molecule is CCOC(=O)N1c2cc(OC)c(OC)cc2[C@H]([C@@](O)(C(=O)OC)c2cc(C(F)(F)F)cc(C(F)(F)F)c2)C[C@@H]1C. The molecular weight excluding hydrogens is 552 g/mol. The number of fused-ring (bicyclic) bond motifs is 1. The highest BCUT2D eigenvalue weighted by Crippen LogP contribution is 2.52. The van der Waals surface area contributed by atoms with Crippen molar-refractivity contribution in [1.82, 2.24) is 0 Å². The van der Waals surface area contributed by atoms with Crippen LogP contribution < -0.4 is 14.4 Å². The van der Waals surface area contributed by atoms with Crippen molar-refractivity contribution in [2.45, 2.75) is 50.2 Å². The number of alkyl halides is 6. The third-order valence-electron chi connectivity index (χ3n) is 6.68. The van der Waals surface area contributed by atoms with Crippen molar-refractivity contribution in [3.8, 4) is 11.5 Å². The van der Waals surface area contributed by atoms with Crippen LogP contribution in [0.2, 0.25) is 0 Å². The van der Waals surface area contributed by atoms with Gasteiger partial charge < -0.3 is 24.1 Å². The number of hydrogen-bond acceptors (Lipinski definition) is 7. The molecule has 8 nitrogen and oxygen atoms in total. The predicted molar refractivity (Wildman–Crippen MR) is 128 cm³/mol. The van der Waals surface area contributed by atoms with Gasteiger partial charge in [-0.25, -0.2) is 9.59 Å². The summed E-state index contributed by atoms with van der Waals surface area (Å²) in [7, 11) is 3.40. The molecule has 1 aliphatic heterocycles. The number of halogens is 6. The summed E-state index contributed by atoms with van der Waals surface area (Å²) in [5.41, 5.74) is -7.51. The molecule has 1 amide bonds. The van der Waals surface area contributed by atoms with Crippen molar-refractivity contribution in [3.05, 3.63) is 52.6 Å². The molecule has 1 aliphatic rings. The Balaban J connectivity index is 2.41. The first kappa shape index (κ1) is 30.9. The molecule has 0 spiro atoms. The maximum absolute atomic E-state index is 13.7. The number of ether oxygens (including phenoxy) is 4. The van der Waals surface area contributed by atoms with Gasteiger partial charge in [0.15, 0.2) is 17.1 Å². The molecule has 14 heteroatoms. The molecule has 1 N–H and O–H groups in total. The van der Waals surface area contributed by atoms with Crippen molar-refractivity contribution in [2.75, 3.05) is 32.8 Å². The van der Waals surface area contributed by atoms with Gasteiger partial charge in [-0.15, -0.1) is 0 Å². The lowest BCUT2D eigenvalue weighted by Gasteiger charge is -2.44. The number of carbonyl (C=O) groups excluding carboxylic acids is 2. The standard InChI is InChI=1S/C26H27F6NO7/c1-6-40-23(35)33-13(2)7-18(17-11-20(37-3)21(38-4)12-19(17)33)24(36,22(34)39-5)14-8-15(25(27,28)29)10-16(9-14)26(30,31)32/h8-13,18,36H,6-7H2,1-5H3/t13-,18+,24+/m0/s1. The van der Waals surface area contributed by atoms with Crippen LogP contribution in [0.1, 0.15) is 48.4 Å². The Hall–Kier alpha value is -3.68. The fourth-order valence-corrected chi connectivity index (χ4v) is 4.84. The molecule has 220 valence electrons. The average Bonchev–Trinajstić information content (AvgIpc) is 2.89. The second-order valence-electron chi connectivity index (χ2n) is 9.02. The van der Waals surface area contributed by atoms with E-state index in [-0.39, 0.29) is 54.0 Å². The minimum Gasteiger partial charge on any atom is -0.493 e. The van der Waals surface area contributed by atoms with Gasteiger partial charge in [-0.1, -0.05) is 0 Å². The summed E-state index contributed by atoms with van der Waals surface area (Å²) < 4.78 is 103. The molecule has 3 atom stereocenters. The molecule has 0 saturated carbocycles. The molecule has 2 aromatic rings. The minimum atomic E-state index is -5.25. The predicted octanol–water partition coefficient (Wildman–Crippen LogP) is 5.64. The van der Waals surface area contributed by atoms with Gasteiger partial charge in [0.1, 0.15) is 0 Å². The largest absolute Gasteiger partial charge is 0.493 e. The van der Waals surface area contributed by atoms with Gasteiger partial charge in [-0.2, -0.15) is 26.3 Å². The summed E-state index contributed by atoms with van der Waals surface area (Å²) in [6, 6.07) is 2.18. The van der Waals surface area contributed by atoms with E-state index >= 15 is 0 Å². The molecule has 0 aliphatic carbocycles. The Morgan fingerprint density at radius 3 is 1.85 bits per heavy atom. The van der Waals surface area contributed by atoms with Crippen molar-refractivity contribution in [3.63, 3.8) is 0 Å². The number of esters is 1. The van der Waals surface area contributed by atoms with Crippen LogP contribution >= 0.6 is 0 Å². The highest BCUT2D eigenvalue weighted by molar-refractivity contribution is 5.92. The van der Waals surface area contributed by atoms with Gasteiger partial charge in [-0.3, -0.25) is 4.90 Å². The number of carbonyl (C=O) groups is 2. The molecule has 0 radical (unpaired) electrons. The summed E-state index contributed by atoms with van der Waals surface area (Å²) in [6.07, 6.45) is -11.6. The minimum absolute atomic E-state index is 0.00927. The van der Waals surface area contributed by atoms with Crippen LogP contribution in [0, 0.1) is 0 Å². The lowest BCUT2D eigenvalue weighted by molar-refractivity contribution is -0.168. The van der Waals surface area contributed by atoms with Crippen LogP contribution in [0.5, 0.6) is 11.5 Å². The monoisotopic (exact) mass is 579 g/mol. The second kappa shape index (κ2) is 11.1. The topological polar surface area (TPSA) is 94.5 Å². The van der Waals surface area contributed by atoms with Gasteiger partial charge >= 0.3 is 24.4 Å². The number of methoxy groups -OCH3 is 3. The normalized spacial score (nSPS) is 18.9. The molecule has 2 aromatic carbocycles. The van der Waals surface area contributed by atoms with Gasteiger partial charge in [0.05, 0.1) is 44.8 Å². The lowest BCUT2D eigenvalue weighted by atomic mass is 9.71. The number of hydrogen-bond donors (Lipinski definition) is 1. The molecule has 0 unspecified atom stereocenters. The summed E-state index contributed by atoms with van der Waals surface area (Å²) in [5.74, 6) is -2.86. The maximum Gasteiger partial charge on any atom is 0.416 e. The third kappa shape index (κ3) is 5.49. The fourth-order valence-electron chi connectivity index (χ4n) is 4.84. The van der Waals surface area contributed by atoms with Gasteiger partial charge in [0.2, 0.25) is 0 Å². The zero-order valence-electron chi connectivity index (χ0n) is 22.1. The number of benzene rings is 2. The van der Waals surface area contributed by atoms with E-state index in [1.165, 1.54) is 38.2 Å². The Kier molecular flexibility index (Phi) is 8.53. The van der Waals surface area contributed by atoms with E-state index in [0.717, 1.165) is 7.11 Å². The smallest absolute Gasteiger partial charge is 0.416 e. The maximum atomic E-state index is 13.7. The van der Waals surface area contributed by atoms with Crippen molar-refractivity contribution in [2.24, 2.45) is 0 Å². The molecular formula is C26H27F6NO7. The first-order valence-electron chi connectivity index (χ1n) is 11.9. The van der Waals surface area contributed by atoms with E-state index in [4.69, 9.17) is 18.9 Å². The average molecular weight is 579 g/mol. The zero-order valence-corrected chi connectivity index (χ0v) is 22.1. The highest BCUT2D eigenvalue weighted by atomic mass is 19.4. The number of anilines is 1. The Labute approximate surface area is 225 Å².